The minimum absolute atomic E-state index is 0.696. The fourth-order valence-corrected chi connectivity index (χ4v) is 1.83. The number of hydrogen-bond acceptors (Lipinski definition) is 2. The normalized spacial score (nSPS) is 11.2. The molecule has 0 saturated heterocycles. The van der Waals surface area contributed by atoms with Crippen LogP contribution in [0.25, 0.3) is 6.08 Å². The van der Waals surface area contributed by atoms with Crippen molar-refractivity contribution in [3.05, 3.63) is 35.4 Å². The highest BCUT2D eigenvalue weighted by atomic mass is 16.4. The van der Waals surface area contributed by atoms with Crippen molar-refractivity contribution in [1.82, 2.24) is 0 Å². The third-order valence-corrected chi connectivity index (χ3v) is 3.14. The Kier molecular flexibility index (Phi) is 5.61. The number of aryl methyl sites for hydroxylation is 1. The Morgan fingerprint density at radius 1 is 1.42 bits per heavy atom. The van der Waals surface area contributed by atoms with E-state index in [0.717, 1.165) is 24.1 Å². The van der Waals surface area contributed by atoms with Crippen molar-refractivity contribution in [2.75, 3.05) is 18.5 Å². The Balaban J connectivity index is 2.78. The highest BCUT2D eigenvalue weighted by Crippen LogP contribution is 2.20. The second-order valence-electron chi connectivity index (χ2n) is 5.32. The van der Waals surface area contributed by atoms with E-state index in [9.17, 15) is 4.79 Å². The van der Waals surface area contributed by atoms with E-state index in [-0.39, 0.29) is 0 Å². The quantitative estimate of drug-likeness (QED) is 0.796. The van der Waals surface area contributed by atoms with E-state index >= 15 is 0 Å². The largest absolute Gasteiger partial charge is 0.478 e. The van der Waals surface area contributed by atoms with Gasteiger partial charge in [0, 0.05) is 25.4 Å². The SMILES string of the molecule is Cc1cc(N(C)CCC(C)C)ccc1C=CC(=O)O. The highest BCUT2D eigenvalue weighted by Gasteiger charge is 2.04. The topological polar surface area (TPSA) is 40.5 Å². The van der Waals surface area contributed by atoms with Crippen LogP contribution in [0.15, 0.2) is 24.3 Å². The summed E-state index contributed by atoms with van der Waals surface area (Å²) in [5.74, 6) is -0.223. The molecule has 0 bridgehead atoms. The predicted octanol–water partition coefficient (Wildman–Crippen LogP) is 3.58. The van der Waals surface area contributed by atoms with Crippen molar-refractivity contribution < 1.29 is 9.90 Å². The first kappa shape index (κ1) is 15.3. The number of carboxylic acid groups (broad SMARTS) is 1. The molecule has 0 heterocycles. The van der Waals surface area contributed by atoms with Crippen LogP contribution >= 0.6 is 0 Å². The van der Waals surface area contributed by atoms with E-state index < -0.39 is 5.97 Å². The summed E-state index contributed by atoms with van der Waals surface area (Å²) in [6, 6.07) is 6.10. The zero-order valence-electron chi connectivity index (χ0n) is 12.2. The number of aliphatic carboxylic acids is 1. The highest BCUT2D eigenvalue weighted by molar-refractivity contribution is 5.85. The van der Waals surface area contributed by atoms with Crippen LogP contribution in [0.1, 0.15) is 31.4 Å². The first-order valence-electron chi connectivity index (χ1n) is 6.63. The molecule has 0 aromatic heterocycles. The van der Waals surface area contributed by atoms with Crippen molar-refractivity contribution >= 4 is 17.7 Å². The van der Waals surface area contributed by atoms with Gasteiger partial charge in [-0.1, -0.05) is 19.9 Å². The van der Waals surface area contributed by atoms with E-state index in [0.29, 0.717) is 5.92 Å². The van der Waals surface area contributed by atoms with Gasteiger partial charge in [0.1, 0.15) is 0 Å². The van der Waals surface area contributed by atoms with Gasteiger partial charge in [-0.2, -0.15) is 0 Å². The Labute approximate surface area is 115 Å². The zero-order valence-corrected chi connectivity index (χ0v) is 12.2. The molecule has 1 aromatic rings. The maximum atomic E-state index is 10.5. The number of benzene rings is 1. The average Bonchev–Trinajstić information content (AvgIpc) is 2.34. The number of rotatable bonds is 6. The lowest BCUT2D eigenvalue weighted by Crippen LogP contribution is -2.19. The summed E-state index contributed by atoms with van der Waals surface area (Å²) in [7, 11) is 2.09. The van der Waals surface area contributed by atoms with Gasteiger partial charge >= 0.3 is 5.97 Å². The average molecular weight is 261 g/mol. The first-order valence-corrected chi connectivity index (χ1v) is 6.63. The molecule has 0 unspecified atom stereocenters. The van der Waals surface area contributed by atoms with Crippen molar-refractivity contribution in [2.45, 2.75) is 27.2 Å². The molecule has 0 aliphatic rings. The summed E-state index contributed by atoms with van der Waals surface area (Å²) >= 11 is 0. The molecule has 0 radical (unpaired) electrons. The van der Waals surface area contributed by atoms with E-state index in [1.807, 2.05) is 19.1 Å². The summed E-state index contributed by atoms with van der Waals surface area (Å²) in [5.41, 5.74) is 3.21. The third kappa shape index (κ3) is 5.16. The molecule has 0 saturated carbocycles. The number of carboxylic acids is 1. The summed E-state index contributed by atoms with van der Waals surface area (Å²) in [6.45, 7) is 7.47. The molecular weight excluding hydrogens is 238 g/mol. The molecular formula is C16H23NO2. The lowest BCUT2D eigenvalue weighted by molar-refractivity contribution is -0.131. The number of carbonyl (C=O) groups is 1. The Bertz CT molecular complexity index is 464. The van der Waals surface area contributed by atoms with E-state index in [1.165, 1.54) is 11.8 Å². The predicted molar refractivity (Wildman–Crippen MR) is 80.6 cm³/mol. The van der Waals surface area contributed by atoms with Crippen LogP contribution in [0.4, 0.5) is 5.69 Å². The standard InChI is InChI=1S/C16H23NO2/c1-12(2)9-10-17(4)15-7-5-14(13(3)11-15)6-8-16(18)19/h5-8,11-12H,9-10H2,1-4H3,(H,18,19). The van der Waals surface area contributed by atoms with E-state index in [4.69, 9.17) is 5.11 Å². The molecule has 1 rings (SSSR count). The van der Waals surface area contributed by atoms with Gasteiger partial charge in [0.2, 0.25) is 0 Å². The lowest BCUT2D eigenvalue weighted by atomic mass is 10.1. The Morgan fingerprint density at radius 2 is 2.11 bits per heavy atom. The molecule has 0 spiro atoms. The maximum Gasteiger partial charge on any atom is 0.328 e. The molecule has 19 heavy (non-hydrogen) atoms. The molecule has 1 N–H and O–H groups in total. The van der Waals surface area contributed by atoms with Gasteiger partial charge in [0.25, 0.3) is 0 Å². The molecule has 0 aliphatic heterocycles. The third-order valence-electron chi connectivity index (χ3n) is 3.14. The van der Waals surface area contributed by atoms with Crippen LogP contribution in [0.2, 0.25) is 0 Å². The van der Waals surface area contributed by atoms with Gasteiger partial charge in [0.05, 0.1) is 0 Å². The van der Waals surface area contributed by atoms with Crippen molar-refractivity contribution in [1.29, 1.82) is 0 Å². The summed E-state index contributed by atoms with van der Waals surface area (Å²) < 4.78 is 0. The minimum Gasteiger partial charge on any atom is -0.478 e. The van der Waals surface area contributed by atoms with Crippen molar-refractivity contribution in [2.24, 2.45) is 5.92 Å². The van der Waals surface area contributed by atoms with Gasteiger partial charge < -0.3 is 10.0 Å². The fourth-order valence-electron chi connectivity index (χ4n) is 1.83. The number of nitrogens with zero attached hydrogens (tertiary/aromatic N) is 1. The van der Waals surface area contributed by atoms with Gasteiger partial charge in [-0.25, -0.2) is 4.79 Å². The monoisotopic (exact) mass is 261 g/mol. The smallest absolute Gasteiger partial charge is 0.328 e. The van der Waals surface area contributed by atoms with Crippen LogP contribution in [0, 0.1) is 12.8 Å². The van der Waals surface area contributed by atoms with Gasteiger partial charge in [-0.15, -0.1) is 0 Å². The van der Waals surface area contributed by atoms with Crippen molar-refractivity contribution in [3.63, 3.8) is 0 Å². The fraction of sp³-hybridized carbons (Fsp3) is 0.438. The Morgan fingerprint density at radius 3 is 2.63 bits per heavy atom. The van der Waals surface area contributed by atoms with Gasteiger partial charge in [0.15, 0.2) is 0 Å². The van der Waals surface area contributed by atoms with Gasteiger partial charge in [-0.05, 0) is 48.6 Å². The molecule has 3 heteroatoms. The molecule has 1 aromatic carbocycles. The van der Waals surface area contributed by atoms with E-state index in [1.54, 1.807) is 6.08 Å². The second-order valence-corrected chi connectivity index (χ2v) is 5.32. The molecule has 0 amide bonds. The lowest BCUT2D eigenvalue weighted by Gasteiger charge is -2.21. The first-order chi connectivity index (χ1) is 8.90. The van der Waals surface area contributed by atoms with Crippen LogP contribution in [0.3, 0.4) is 0 Å². The number of hydrogen-bond donors (Lipinski definition) is 1. The summed E-state index contributed by atoms with van der Waals surface area (Å²) in [5, 5.41) is 8.64. The maximum absolute atomic E-state index is 10.5. The number of anilines is 1. The second kappa shape index (κ2) is 6.98. The summed E-state index contributed by atoms with van der Waals surface area (Å²) in [4.78, 5) is 12.7. The van der Waals surface area contributed by atoms with Crippen molar-refractivity contribution in [3.8, 4) is 0 Å². The van der Waals surface area contributed by atoms with Crippen LogP contribution in [-0.4, -0.2) is 24.7 Å². The van der Waals surface area contributed by atoms with Crippen LogP contribution < -0.4 is 4.90 Å². The van der Waals surface area contributed by atoms with E-state index in [2.05, 4.69) is 31.9 Å². The Hall–Kier alpha value is -1.77. The molecule has 0 fully saturated rings. The molecule has 104 valence electrons. The minimum atomic E-state index is -0.919. The van der Waals surface area contributed by atoms with Crippen LogP contribution in [-0.2, 0) is 4.79 Å². The van der Waals surface area contributed by atoms with Gasteiger partial charge in [-0.3, -0.25) is 0 Å². The zero-order chi connectivity index (χ0) is 14.4. The summed E-state index contributed by atoms with van der Waals surface area (Å²) in [6.07, 6.45) is 3.97. The molecule has 0 aliphatic carbocycles. The van der Waals surface area contributed by atoms with Crippen LogP contribution in [0.5, 0.6) is 0 Å². The molecule has 0 atom stereocenters. The molecule has 3 nitrogen and oxygen atoms in total.